The molecule has 0 saturated carbocycles. The summed E-state index contributed by atoms with van der Waals surface area (Å²) in [5.41, 5.74) is 3.11. The maximum Gasteiger partial charge on any atom is 0.298 e. The van der Waals surface area contributed by atoms with E-state index >= 15 is 0 Å². The molecule has 0 unspecified atom stereocenters. The van der Waals surface area contributed by atoms with Crippen molar-refractivity contribution in [2.24, 2.45) is 5.73 Å². The van der Waals surface area contributed by atoms with E-state index in [0.29, 0.717) is 0 Å². The molecule has 16 heavy (non-hydrogen) atoms. The minimum absolute atomic E-state index is 0.0802. The highest BCUT2D eigenvalue weighted by Gasteiger charge is 2.25. The van der Waals surface area contributed by atoms with Gasteiger partial charge in [0.05, 0.1) is 16.2 Å². The van der Waals surface area contributed by atoms with E-state index in [-0.39, 0.29) is 17.8 Å². The number of nitrogens with zero attached hydrogens (tertiary/aromatic N) is 3. The maximum absolute atomic E-state index is 12.4. The van der Waals surface area contributed by atoms with Crippen molar-refractivity contribution in [1.29, 1.82) is 5.26 Å². The number of pyridine rings is 1. The van der Waals surface area contributed by atoms with Gasteiger partial charge in [-0.25, -0.2) is 13.8 Å². The number of nitro groups is 1. The fraction of sp³-hybridized carbons (Fsp3) is 0.250. The predicted octanol–water partition coefficient (Wildman–Crippen LogP) is 1.26. The van der Waals surface area contributed by atoms with Crippen molar-refractivity contribution in [2.45, 2.75) is 13.0 Å². The van der Waals surface area contributed by atoms with Gasteiger partial charge in [0.25, 0.3) is 12.1 Å². The summed E-state index contributed by atoms with van der Waals surface area (Å²) in [5, 5.41) is 19.1. The van der Waals surface area contributed by atoms with Crippen LogP contribution in [-0.2, 0) is 6.54 Å². The molecule has 6 nitrogen and oxygen atoms in total. The number of nitrogens with two attached hydrogens (primary N) is 1. The van der Waals surface area contributed by atoms with Crippen molar-refractivity contribution < 1.29 is 13.7 Å². The SMILES string of the molecule is N#Cc1cc([N+](=O)[O-])c(C(F)F)nc1CN. The van der Waals surface area contributed by atoms with E-state index in [1.54, 1.807) is 6.07 Å². The Balaban J connectivity index is 3.49. The first-order valence-corrected chi connectivity index (χ1v) is 4.07. The number of aromatic nitrogens is 1. The van der Waals surface area contributed by atoms with Crippen molar-refractivity contribution in [3.63, 3.8) is 0 Å². The Morgan fingerprint density at radius 1 is 1.69 bits per heavy atom. The minimum atomic E-state index is -3.08. The van der Waals surface area contributed by atoms with Crippen LogP contribution in [0.15, 0.2) is 6.07 Å². The lowest BCUT2D eigenvalue weighted by Crippen LogP contribution is -2.08. The average molecular weight is 228 g/mol. The molecule has 0 amide bonds. The molecule has 84 valence electrons. The van der Waals surface area contributed by atoms with Crippen LogP contribution in [0.3, 0.4) is 0 Å². The third-order valence-electron chi connectivity index (χ3n) is 1.83. The largest absolute Gasteiger partial charge is 0.325 e. The molecular formula is C8H6F2N4O2. The molecule has 0 spiro atoms. The Hall–Kier alpha value is -2.14. The maximum atomic E-state index is 12.4. The van der Waals surface area contributed by atoms with Crippen LogP contribution in [0.25, 0.3) is 0 Å². The van der Waals surface area contributed by atoms with E-state index in [1.807, 2.05) is 0 Å². The second-order valence-electron chi connectivity index (χ2n) is 2.76. The molecule has 2 N–H and O–H groups in total. The van der Waals surface area contributed by atoms with Crippen LogP contribution in [0.1, 0.15) is 23.4 Å². The summed E-state index contributed by atoms with van der Waals surface area (Å²) in [4.78, 5) is 12.8. The van der Waals surface area contributed by atoms with Gasteiger partial charge in [0.2, 0.25) is 0 Å². The Morgan fingerprint density at radius 3 is 2.69 bits per heavy atom. The molecule has 0 aliphatic heterocycles. The molecule has 0 aliphatic carbocycles. The third-order valence-corrected chi connectivity index (χ3v) is 1.83. The van der Waals surface area contributed by atoms with Crippen LogP contribution in [-0.4, -0.2) is 9.91 Å². The van der Waals surface area contributed by atoms with Crippen molar-refractivity contribution in [3.05, 3.63) is 33.1 Å². The highest BCUT2D eigenvalue weighted by Crippen LogP contribution is 2.28. The van der Waals surface area contributed by atoms with Crippen LogP contribution in [0.2, 0.25) is 0 Å². The first-order valence-electron chi connectivity index (χ1n) is 4.07. The number of alkyl halides is 2. The molecule has 8 heteroatoms. The fourth-order valence-electron chi connectivity index (χ4n) is 1.12. The quantitative estimate of drug-likeness (QED) is 0.619. The Bertz CT molecular complexity index is 470. The smallest absolute Gasteiger partial charge is 0.298 e. The van der Waals surface area contributed by atoms with Crippen LogP contribution in [0.4, 0.5) is 14.5 Å². The first kappa shape index (κ1) is 11.9. The molecule has 0 aliphatic rings. The van der Waals surface area contributed by atoms with Crippen LogP contribution < -0.4 is 5.73 Å². The Morgan fingerprint density at radius 2 is 2.31 bits per heavy atom. The second-order valence-corrected chi connectivity index (χ2v) is 2.76. The third kappa shape index (κ3) is 2.09. The van der Waals surface area contributed by atoms with Gasteiger partial charge in [0.1, 0.15) is 6.07 Å². The molecule has 0 radical (unpaired) electrons. The van der Waals surface area contributed by atoms with Gasteiger partial charge in [-0.15, -0.1) is 0 Å². The van der Waals surface area contributed by atoms with E-state index in [2.05, 4.69) is 4.98 Å². The van der Waals surface area contributed by atoms with Gasteiger partial charge in [-0.1, -0.05) is 0 Å². The lowest BCUT2D eigenvalue weighted by molar-refractivity contribution is -0.386. The summed E-state index contributed by atoms with van der Waals surface area (Å²) in [7, 11) is 0. The highest BCUT2D eigenvalue weighted by atomic mass is 19.3. The zero-order valence-corrected chi connectivity index (χ0v) is 7.85. The van der Waals surface area contributed by atoms with Gasteiger partial charge < -0.3 is 5.73 Å². The van der Waals surface area contributed by atoms with Gasteiger partial charge in [0, 0.05) is 12.6 Å². The summed E-state index contributed by atoms with van der Waals surface area (Å²) >= 11 is 0. The molecule has 0 saturated heterocycles. The second kappa shape index (κ2) is 4.59. The van der Waals surface area contributed by atoms with E-state index in [4.69, 9.17) is 11.0 Å². The first-order chi connectivity index (χ1) is 7.51. The standard InChI is InChI=1S/C8H6F2N4O2/c9-8(10)7-6(14(15)16)1-4(2-11)5(3-12)13-7/h1,8H,3,12H2. The summed E-state index contributed by atoms with van der Waals surface area (Å²) in [5.74, 6) is 0. The molecular weight excluding hydrogens is 222 g/mol. The van der Waals surface area contributed by atoms with Crippen molar-refractivity contribution in [2.75, 3.05) is 0 Å². The molecule has 1 aromatic rings. The molecule has 0 atom stereocenters. The Kier molecular flexibility index (Phi) is 3.42. The number of rotatable bonds is 3. The lowest BCUT2D eigenvalue weighted by Gasteiger charge is -2.05. The van der Waals surface area contributed by atoms with Gasteiger partial charge >= 0.3 is 0 Å². The minimum Gasteiger partial charge on any atom is -0.325 e. The molecule has 1 heterocycles. The van der Waals surface area contributed by atoms with Crippen LogP contribution in [0.5, 0.6) is 0 Å². The van der Waals surface area contributed by atoms with Gasteiger partial charge in [0.15, 0.2) is 5.69 Å². The summed E-state index contributed by atoms with van der Waals surface area (Å²) in [6, 6.07) is 2.38. The molecule has 1 rings (SSSR count). The fourth-order valence-corrected chi connectivity index (χ4v) is 1.12. The predicted molar refractivity (Wildman–Crippen MR) is 48.5 cm³/mol. The monoisotopic (exact) mass is 228 g/mol. The molecule has 0 fully saturated rings. The van der Waals surface area contributed by atoms with E-state index in [9.17, 15) is 18.9 Å². The normalized spacial score (nSPS) is 10.2. The van der Waals surface area contributed by atoms with E-state index in [1.165, 1.54) is 0 Å². The van der Waals surface area contributed by atoms with Crippen LogP contribution in [0, 0.1) is 21.4 Å². The summed E-state index contributed by atoms with van der Waals surface area (Å²) in [6.45, 7) is -0.236. The van der Waals surface area contributed by atoms with Crippen molar-refractivity contribution in [1.82, 2.24) is 4.98 Å². The van der Waals surface area contributed by atoms with Gasteiger partial charge in [-0.3, -0.25) is 10.1 Å². The number of hydrogen-bond donors (Lipinski definition) is 1. The van der Waals surface area contributed by atoms with Crippen molar-refractivity contribution >= 4 is 5.69 Å². The van der Waals surface area contributed by atoms with Crippen LogP contribution >= 0.6 is 0 Å². The number of hydrogen-bond acceptors (Lipinski definition) is 5. The zero-order valence-electron chi connectivity index (χ0n) is 7.85. The van der Waals surface area contributed by atoms with Gasteiger partial charge in [-0.05, 0) is 0 Å². The molecule has 0 bridgehead atoms. The number of halogens is 2. The van der Waals surface area contributed by atoms with Crippen molar-refractivity contribution in [3.8, 4) is 6.07 Å². The molecule has 1 aromatic heterocycles. The number of nitriles is 1. The average Bonchev–Trinajstić information content (AvgIpc) is 2.26. The molecule has 0 aromatic carbocycles. The summed E-state index contributed by atoms with van der Waals surface area (Å²) < 4.78 is 24.9. The Labute approximate surface area is 88.5 Å². The zero-order chi connectivity index (χ0) is 12.3. The highest BCUT2D eigenvalue weighted by molar-refractivity contribution is 5.46. The topological polar surface area (TPSA) is 106 Å². The van der Waals surface area contributed by atoms with E-state index in [0.717, 1.165) is 6.07 Å². The van der Waals surface area contributed by atoms with Gasteiger partial charge in [-0.2, -0.15) is 5.26 Å². The lowest BCUT2D eigenvalue weighted by atomic mass is 10.1. The summed E-state index contributed by atoms with van der Waals surface area (Å²) in [6.07, 6.45) is -3.08. The van der Waals surface area contributed by atoms with E-state index < -0.39 is 22.7 Å².